The molecule has 0 saturated carbocycles. The third-order valence-corrected chi connectivity index (χ3v) is 1.41. The summed E-state index contributed by atoms with van der Waals surface area (Å²) in [5, 5.41) is 0. The van der Waals surface area contributed by atoms with Crippen LogP contribution in [0.5, 0.6) is 0 Å². The van der Waals surface area contributed by atoms with Gasteiger partial charge in [0.2, 0.25) is 0 Å². The smallest absolute Gasteiger partial charge is 1.00 e. The van der Waals surface area contributed by atoms with E-state index in [0.29, 0.717) is 13.0 Å². The number of nitrogens with two attached hydrogens (primary N) is 1. The summed E-state index contributed by atoms with van der Waals surface area (Å²) in [5.41, 5.74) is 4.96. The first-order valence-electron chi connectivity index (χ1n) is 2.21. The molecule has 0 saturated heterocycles. The fourth-order valence-electron chi connectivity index (χ4n) is 0.266. The molecule has 0 aliphatic heterocycles. The maximum absolute atomic E-state index is 9.89. The first-order chi connectivity index (χ1) is 3.56. The number of rotatable bonds is 3. The van der Waals surface area contributed by atoms with Crippen molar-refractivity contribution in [3.63, 3.8) is 0 Å². The van der Waals surface area contributed by atoms with Crippen LogP contribution in [0.4, 0.5) is 0 Å². The van der Waals surface area contributed by atoms with E-state index in [0.717, 1.165) is 0 Å². The van der Waals surface area contributed by atoms with E-state index in [1.165, 1.54) is 0 Å². The summed E-state index contributed by atoms with van der Waals surface area (Å²) < 4.78 is 27.8. The predicted molar refractivity (Wildman–Crippen MR) is 31.2 cm³/mol. The third-order valence-electron chi connectivity index (χ3n) is 0.606. The Bertz CT molecular complexity index is 148. The summed E-state index contributed by atoms with van der Waals surface area (Å²) in [5.74, 6) is -0.233. The molecule has 3 N–H and O–H groups in total. The summed E-state index contributed by atoms with van der Waals surface area (Å²) in [6.07, 6.45) is 0.318. The van der Waals surface area contributed by atoms with E-state index >= 15 is 0 Å². The van der Waals surface area contributed by atoms with E-state index in [9.17, 15) is 8.42 Å². The Morgan fingerprint density at radius 1 is 1.56 bits per heavy atom. The summed E-state index contributed by atoms with van der Waals surface area (Å²) in [6.45, 7) is 0.291. The minimum atomic E-state index is -3.77. The molecule has 0 aliphatic rings. The van der Waals surface area contributed by atoms with Crippen molar-refractivity contribution < 1.29 is 65.8 Å². The van der Waals surface area contributed by atoms with E-state index in [-0.39, 0.29) is 58.6 Å². The van der Waals surface area contributed by atoms with Crippen molar-refractivity contribution in [2.24, 2.45) is 5.73 Å². The molecule has 0 aromatic heterocycles. The maximum atomic E-state index is 9.89. The van der Waals surface area contributed by atoms with Crippen molar-refractivity contribution in [2.75, 3.05) is 12.3 Å². The largest absolute Gasteiger partial charge is 1.00 e. The van der Waals surface area contributed by atoms with Gasteiger partial charge in [-0.05, 0) is 13.0 Å². The van der Waals surface area contributed by atoms with Crippen LogP contribution in [0.2, 0.25) is 0 Å². The normalized spacial score (nSPS) is 10.4. The first-order valence-corrected chi connectivity index (χ1v) is 3.82. The Morgan fingerprint density at radius 3 is 2.11 bits per heavy atom. The molecule has 0 rings (SSSR count). The Balaban J connectivity index is -0.000000245. The van der Waals surface area contributed by atoms with E-state index in [1.54, 1.807) is 0 Å². The van der Waals surface area contributed by atoms with Crippen molar-refractivity contribution in [2.45, 2.75) is 6.42 Å². The van der Waals surface area contributed by atoms with Crippen LogP contribution in [0.15, 0.2) is 0 Å². The minimum absolute atomic E-state index is 0. The topological polar surface area (TPSA) is 80.4 Å². The van der Waals surface area contributed by atoms with Crippen LogP contribution in [0.1, 0.15) is 7.85 Å². The second-order valence-corrected chi connectivity index (χ2v) is 3.00. The monoisotopic (exact) mass is 179 g/mol. The summed E-state index contributed by atoms with van der Waals surface area (Å²) in [6, 6.07) is 0. The average Bonchev–Trinajstić information content (AvgIpc) is 1.59. The second-order valence-electron chi connectivity index (χ2n) is 1.43. The zero-order valence-electron chi connectivity index (χ0n) is 6.37. The standard InChI is InChI=1S/C3H9NO3S.K.H/c4-2-1-3-8(5,6)7;;/h1-4H2,(H,5,6,7);;/q;+1;-1. The van der Waals surface area contributed by atoms with E-state index in [4.69, 9.17) is 10.3 Å². The van der Waals surface area contributed by atoms with Gasteiger partial charge in [-0.15, -0.1) is 0 Å². The van der Waals surface area contributed by atoms with Gasteiger partial charge in [0.05, 0.1) is 5.75 Å². The van der Waals surface area contributed by atoms with E-state index in [2.05, 4.69) is 0 Å². The SMILES string of the molecule is NCCCS(=O)(=O)O.[H-].[K+]. The van der Waals surface area contributed by atoms with Gasteiger partial charge in [-0.2, -0.15) is 8.42 Å². The Morgan fingerprint density at radius 2 is 2.00 bits per heavy atom. The molecule has 0 aromatic rings. The van der Waals surface area contributed by atoms with Gasteiger partial charge in [-0.1, -0.05) is 0 Å². The van der Waals surface area contributed by atoms with Crippen molar-refractivity contribution >= 4 is 10.1 Å². The third kappa shape index (κ3) is 12.7. The van der Waals surface area contributed by atoms with Crippen LogP contribution in [-0.4, -0.2) is 25.3 Å². The molecule has 0 radical (unpaired) electrons. The molecule has 6 heteroatoms. The molecule has 0 spiro atoms. The van der Waals surface area contributed by atoms with Crippen LogP contribution < -0.4 is 57.1 Å². The van der Waals surface area contributed by atoms with Crippen molar-refractivity contribution in [1.82, 2.24) is 0 Å². The molecule has 0 aromatic carbocycles. The molecular formula is C3H10KNO3S. The van der Waals surface area contributed by atoms with Gasteiger partial charge in [0.25, 0.3) is 10.1 Å². The molecule has 0 heterocycles. The molecule has 0 fully saturated rings. The van der Waals surface area contributed by atoms with Crippen molar-refractivity contribution in [1.29, 1.82) is 0 Å². The van der Waals surface area contributed by atoms with Gasteiger partial charge >= 0.3 is 51.4 Å². The van der Waals surface area contributed by atoms with Crippen LogP contribution in [0, 0.1) is 0 Å². The summed E-state index contributed by atoms with van der Waals surface area (Å²) in [4.78, 5) is 0. The van der Waals surface area contributed by atoms with Crippen LogP contribution >= 0.6 is 0 Å². The van der Waals surface area contributed by atoms with Gasteiger partial charge in [-0.25, -0.2) is 0 Å². The first kappa shape index (κ1) is 13.1. The second kappa shape index (κ2) is 6.23. The quantitative estimate of drug-likeness (QED) is 0.346. The zero-order valence-corrected chi connectivity index (χ0v) is 9.31. The van der Waals surface area contributed by atoms with Crippen LogP contribution in [0.25, 0.3) is 0 Å². The predicted octanol–water partition coefficient (Wildman–Crippen LogP) is -3.66. The van der Waals surface area contributed by atoms with Gasteiger partial charge in [-0.3, -0.25) is 4.55 Å². The zero-order chi connectivity index (χ0) is 6.62. The Kier molecular flexibility index (Phi) is 9.09. The van der Waals surface area contributed by atoms with E-state index in [1.807, 2.05) is 0 Å². The minimum Gasteiger partial charge on any atom is -1.00 e. The molecule has 0 bridgehead atoms. The molecule has 9 heavy (non-hydrogen) atoms. The van der Waals surface area contributed by atoms with Gasteiger partial charge in [0.15, 0.2) is 0 Å². The molecule has 0 unspecified atom stereocenters. The number of hydrogen-bond donors (Lipinski definition) is 2. The van der Waals surface area contributed by atoms with Gasteiger partial charge in [0.1, 0.15) is 0 Å². The Hall–Kier alpha value is 1.51. The molecule has 0 aliphatic carbocycles. The van der Waals surface area contributed by atoms with Gasteiger partial charge in [0, 0.05) is 0 Å². The molecule has 4 nitrogen and oxygen atoms in total. The van der Waals surface area contributed by atoms with Crippen LogP contribution in [-0.2, 0) is 10.1 Å². The number of hydrogen-bond acceptors (Lipinski definition) is 3. The van der Waals surface area contributed by atoms with E-state index < -0.39 is 10.1 Å². The van der Waals surface area contributed by atoms with Crippen LogP contribution in [0.3, 0.4) is 0 Å². The molecule has 0 atom stereocenters. The Labute approximate surface area is 98.8 Å². The fourth-order valence-corrected chi connectivity index (χ4v) is 0.797. The van der Waals surface area contributed by atoms with Crippen molar-refractivity contribution in [3.05, 3.63) is 0 Å². The average molecular weight is 179 g/mol. The van der Waals surface area contributed by atoms with Crippen molar-refractivity contribution in [3.8, 4) is 0 Å². The summed E-state index contributed by atoms with van der Waals surface area (Å²) in [7, 11) is -3.77. The molecular weight excluding hydrogens is 169 g/mol. The fraction of sp³-hybridized carbons (Fsp3) is 1.00. The maximum Gasteiger partial charge on any atom is 1.00 e. The van der Waals surface area contributed by atoms with Gasteiger partial charge < -0.3 is 7.16 Å². The molecule has 0 amide bonds. The summed E-state index contributed by atoms with van der Waals surface area (Å²) >= 11 is 0. The molecule has 52 valence electrons.